The Kier molecular flexibility index (Phi) is 7.97. The van der Waals surface area contributed by atoms with Crippen LogP contribution in [0.15, 0.2) is 76.0 Å². The normalized spacial score (nSPS) is 11.8. The lowest BCUT2D eigenvalue weighted by Crippen LogP contribution is -2.40. The number of nitrogens with zero attached hydrogens (tertiary/aromatic N) is 2. The van der Waals surface area contributed by atoms with E-state index < -0.39 is 15.9 Å². The van der Waals surface area contributed by atoms with Crippen LogP contribution in [0.2, 0.25) is 5.02 Å². The summed E-state index contributed by atoms with van der Waals surface area (Å²) in [6.07, 6.45) is 2.03. The number of benzene rings is 2. The molecule has 0 bridgehead atoms. The van der Waals surface area contributed by atoms with Crippen molar-refractivity contribution in [1.29, 1.82) is 0 Å². The van der Waals surface area contributed by atoms with Crippen LogP contribution in [0.4, 0.5) is 0 Å². The molecule has 3 rings (SSSR count). The molecular weight excluding hydrogens is 454 g/mol. The Balaban J connectivity index is 1.74. The Morgan fingerprint density at radius 3 is 2.48 bits per heavy atom. The summed E-state index contributed by atoms with van der Waals surface area (Å²) in [7, 11) is -3.89. The maximum Gasteiger partial charge on any atom is 0.255 e. The fourth-order valence-electron chi connectivity index (χ4n) is 2.81. The molecule has 1 N–H and O–H groups in total. The minimum Gasteiger partial charge on any atom is -0.272 e. The van der Waals surface area contributed by atoms with E-state index in [1.807, 2.05) is 48.7 Å². The number of thiophene rings is 1. The third-order valence-corrected chi connectivity index (χ3v) is 7.60. The van der Waals surface area contributed by atoms with E-state index in [1.54, 1.807) is 6.21 Å². The smallest absolute Gasteiger partial charge is 0.255 e. The highest BCUT2D eigenvalue weighted by Crippen LogP contribution is 2.19. The van der Waals surface area contributed by atoms with Crippen molar-refractivity contribution in [2.45, 2.75) is 18.2 Å². The lowest BCUT2D eigenvalue weighted by atomic mass is 10.1. The molecule has 31 heavy (non-hydrogen) atoms. The largest absolute Gasteiger partial charge is 0.272 e. The zero-order valence-electron chi connectivity index (χ0n) is 16.9. The summed E-state index contributed by atoms with van der Waals surface area (Å²) in [4.78, 5) is 13.5. The van der Waals surface area contributed by atoms with Gasteiger partial charge in [0.05, 0.1) is 17.7 Å². The predicted molar refractivity (Wildman–Crippen MR) is 125 cm³/mol. The number of halogens is 1. The molecule has 6 nitrogen and oxygen atoms in total. The molecule has 9 heteroatoms. The minimum atomic E-state index is -3.89. The predicted octanol–water partition coefficient (Wildman–Crippen LogP) is 4.09. The van der Waals surface area contributed by atoms with Gasteiger partial charge in [-0.1, -0.05) is 41.9 Å². The Hall–Kier alpha value is -2.52. The zero-order valence-corrected chi connectivity index (χ0v) is 19.3. The molecule has 3 aromatic rings. The Morgan fingerprint density at radius 1 is 1.13 bits per heavy atom. The van der Waals surface area contributed by atoms with E-state index in [1.165, 1.54) is 35.6 Å². The number of carbonyl (C=O) groups is 1. The lowest BCUT2D eigenvalue weighted by Gasteiger charge is -2.21. The molecule has 0 saturated heterocycles. The topological polar surface area (TPSA) is 78.8 Å². The molecule has 0 aliphatic rings. The molecule has 0 fully saturated rings. The molecule has 1 heterocycles. The highest BCUT2D eigenvalue weighted by molar-refractivity contribution is 7.89. The fourth-order valence-corrected chi connectivity index (χ4v) is 5.12. The number of amides is 1. The second kappa shape index (κ2) is 10.7. The van der Waals surface area contributed by atoms with Gasteiger partial charge in [0.15, 0.2) is 0 Å². The van der Waals surface area contributed by atoms with Crippen LogP contribution in [0.1, 0.15) is 16.0 Å². The number of rotatable bonds is 9. The van der Waals surface area contributed by atoms with Crippen molar-refractivity contribution in [3.8, 4) is 0 Å². The van der Waals surface area contributed by atoms with E-state index in [2.05, 4.69) is 10.5 Å². The van der Waals surface area contributed by atoms with E-state index in [-0.39, 0.29) is 18.0 Å². The number of sulfonamides is 1. The molecule has 2 aromatic carbocycles. The van der Waals surface area contributed by atoms with Crippen LogP contribution >= 0.6 is 22.9 Å². The third-order valence-electron chi connectivity index (χ3n) is 4.54. The first kappa shape index (κ1) is 23.1. The van der Waals surface area contributed by atoms with Gasteiger partial charge in [-0.3, -0.25) is 4.79 Å². The first-order chi connectivity index (χ1) is 14.9. The lowest BCUT2D eigenvalue weighted by molar-refractivity contribution is -0.121. The van der Waals surface area contributed by atoms with E-state index in [9.17, 15) is 13.2 Å². The van der Waals surface area contributed by atoms with E-state index in [4.69, 9.17) is 11.6 Å². The van der Waals surface area contributed by atoms with E-state index in [0.717, 1.165) is 20.3 Å². The average molecular weight is 476 g/mol. The van der Waals surface area contributed by atoms with Crippen LogP contribution in [0.5, 0.6) is 0 Å². The SMILES string of the molecule is Cc1ccsc1/C=N\NC(=O)CN(CCc1ccccc1)S(=O)(=O)c1ccc(Cl)cc1. The number of hydrogen-bond acceptors (Lipinski definition) is 5. The molecule has 0 saturated carbocycles. The Morgan fingerprint density at radius 2 is 1.84 bits per heavy atom. The summed E-state index contributed by atoms with van der Waals surface area (Å²) in [5.41, 5.74) is 4.45. The fraction of sp³-hybridized carbons (Fsp3) is 0.182. The quantitative estimate of drug-likeness (QED) is 0.374. The van der Waals surface area contributed by atoms with Gasteiger partial charge in [-0.25, -0.2) is 13.8 Å². The van der Waals surface area contributed by atoms with Crippen molar-refractivity contribution in [1.82, 2.24) is 9.73 Å². The first-order valence-corrected chi connectivity index (χ1v) is 12.2. The molecule has 0 atom stereocenters. The van der Waals surface area contributed by atoms with Crippen molar-refractivity contribution >= 4 is 45.1 Å². The highest BCUT2D eigenvalue weighted by Gasteiger charge is 2.26. The van der Waals surface area contributed by atoms with Gasteiger partial charge in [0.25, 0.3) is 5.91 Å². The molecule has 0 unspecified atom stereocenters. The number of nitrogens with one attached hydrogen (secondary N) is 1. The molecule has 1 aromatic heterocycles. The highest BCUT2D eigenvalue weighted by atomic mass is 35.5. The Labute approximate surface area is 191 Å². The van der Waals surface area contributed by atoms with Crippen LogP contribution < -0.4 is 5.43 Å². The van der Waals surface area contributed by atoms with Crippen molar-refractivity contribution in [2.75, 3.05) is 13.1 Å². The molecule has 162 valence electrons. The maximum atomic E-state index is 13.2. The average Bonchev–Trinajstić information content (AvgIpc) is 3.16. The van der Waals surface area contributed by atoms with E-state index >= 15 is 0 Å². The van der Waals surface area contributed by atoms with Gasteiger partial charge in [0.2, 0.25) is 10.0 Å². The van der Waals surface area contributed by atoms with Crippen LogP contribution in [0.3, 0.4) is 0 Å². The summed E-state index contributed by atoms with van der Waals surface area (Å²) in [6.45, 7) is 1.75. The summed E-state index contributed by atoms with van der Waals surface area (Å²) in [5.74, 6) is -0.518. The van der Waals surface area contributed by atoms with Crippen LogP contribution in [0, 0.1) is 6.92 Å². The van der Waals surface area contributed by atoms with Gasteiger partial charge in [-0.05, 0) is 60.2 Å². The van der Waals surface area contributed by atoms with Crippen LogP contribution in [-0.4, -0.2) is 37.9 Å². The van der Waals surface area contributed by atoms with Crippen LogP contribution in [-0.2, 0) is 21.2 Å². The zero-order chi connectivity index (χ0) is 22.3. The van der Waals surface area contributed by atoms with Gasteiger partial charge in [0, 0.05) is 16.4 Å². The minimum absolute atomic E-state index is 0.0791. The Bertz CT molecular complexity index is 1140. The van der Waals surface area contributed by atoms with Crippen molar-refractivity contribution in [3.63, 3.8) is 0 Å². The van der Waals surface area contributed by atoms with Crippen molar-refractivity contribution in [2.24, 2.45) is 5.10 Å². The molecular formula is C22H22ClN3O3S2. The number of hydrogen-bond donors (Lipinski definition) is 1. The first-order valence-electron chi connectivity index (χ1n) is 9.52. The van der Waals surface area contributed by atoms with Gasteiger partial charge >= 0.3 is 0 Å². The van der Waals surface area contributed by atoms with Gasteiger partial charge in [-0.15, -0.1) is 11.3 Å². The monoisotopic (exact) mass is 475 g/mol. The second-order valence-corrected chi connectivity index (χ2v) is 10.1. The molecule has 0 aliphatic heterocycles. The summed E-state index contributed by atoms with van der Waals surface area (Å²) in [6, 6.07) is 17.4. The van der Waals surface area contributed by atoms with Crippen LogP contribution in [0.25, 0.3) is 0 Å². The summed E-state index contributed by atoms with van der Waals surface area (Å²) in [5, 5.41) is 6.33. The second-order valence-electron chi connectivity index (χ2n) is 6.79. The number of aryl methyl sites for hydroxylation is 1. The van der Waals surface area contributed by atoms with Gasteiger partial charge in [0.1, 0.15) is 0 Å². The maximum absolute atomic E-state index is 13.2. The molecule has 1 amide bonds. The number of carbonyl (C=O) groups excluding carboxylic acids is 1. The molecule has 0 radical (unpaired) electrons. The summed E-state index contributed by atoms with van der Waals surface area (Å²) < 4.78 is 27.5. The summed E-state index contributed by atoms with van der Waals surface area (Å²) >= 11 is 7.40. The number of hydrazone groups is 1. The van der Waals surface area contributed by atoms with Crippen molar-refractivity contribution in [3.05, 3.63) is 87.1 Å². The van der Waals surface area contributed by atoms with Crippen molar-refractivity contribution < 1.29 is 13.2 Å². The van der Waals surface area contributed by atoms with Gasteiger partial charge in [-0.2, -0.15) is 9.41 Å². The molecule has 0 aliphatic carbocycles. The standard InChI is InChI=1S/C22H22ClN3O3S2/c1-17-12-14-30-21(17)15-24-25-22(27)16-26(13-11-18-5-3-2-4-6-18)31(28,29)20-9-7-19(23)8-10-20/h2-10,12,14-15H,11,13,16H2,1H3,(H,25,27)/b24-15-. The van der Waals surface area contributed by atoms with Gasteiger partial charge < -0.3 is 0 Å². The van der Waals surface area contributed by atoms with E-state index in [0.29, 0.717) is 11.4 Å². The third kappa shape index (κ3) is 6.48. The molecule has 0 spiro atoms.